The van der Waals surface area contributed by atoms with Gasteiger partial charge in [0.05, 0.1) is 6.54 Å². The smallest absolute Gasteiger partial charge is 0.246 e. The maximum absolute atomic E-state index is 12.1. The number of carbonyl (C=O) groups excluding carboxylic acids is 2. The monoisotopic (exact) mass is 350 g/mol. The fraction of sp³-hybridized carbons (Fsp3) is 0.400. The van der Waals surface area contributed by atoms with Gasteiger partial charge in [0.25, 0.3) is 0 Å². The van der Waals surface area contributed by atoms with Gasteiger partial charge < -0.3 is 10.2 Å². The molecule has 1 aromatic heterocycles. The van der Waals surface area contributed by atoms with E-state index in [0.717, 1.165) is 6.42 Å². The number of halogens is 1. The summed E-state index contributed by atoms with van der Waals surface area (Å²) in [6.07, 6.45) is 0.846. The summed E-state index contributed by atoms with van der Waals surface area (Å²) in [4.78, 5) is 26.3. The van der Waals surface area contributed by atoms with Gasteiger partial charge in [0.2, 0.25) is 17.6 Å². The van der Waals surface area contributed by atoms with E-state index in [9.17, 15) is 9.59 Å². The largest absolute Gasteiger partial charge is 0.355 e. The lowest BCUT2D eigenvalue weighted by Gasteiger charge is -2.16. The Balaban J connectivity index is 1.94. The minimum atomic E-state index is -0.281. The second-order valence-electron chi connectivity index (χ2n) is 5.25. The highest BCUT2D eigenvalue weighted by atomic mass is 35.5. The Kier molecular flexibility index (Phi) is 6.25. The molecule has 24 heavy (non-hydrogen) atoms. The van der Waals surface area contributed by atoms with Crippen LogP contribution in [0.15, 0.2) is 24.3 Å². The van der Waals surface area contributed by atoms with E-state index in [1.807, 2.05) is 6.92 Å². The fourth-order valence-electron chi connectivity index (χ4n) is 1.92. The van der Waals surface area contributed by atoms with Crippen molar-refractivity contribution in [3.05, 3.63) is 29.3 Å². The molecule has 0 saturated carbocycles. The van der Waals surface area contributed by atoms with Gasteiger partial charge in [0.15, 0.2) is 0 Å². The Morgan fingerprint density at radius 2 is 2.17 bits per heavy atom. The number of carbonyl (C=O) groups is 2. The average Bonchev–Trinajstić information content (AvgIpc) is 3.01. The molecule has 0 unspecified atom stereocenters. The normalized spacial score (nSPS) is 10.5. The Hall–Kier alpha value is -2.48. The summed E-state index contributed by atoms with van der Waals surface area (Å²) in [6.45, 7) is 2.46. The number of likely N-dealkylation sites (N-methyl/N-ethyl adjacent to an activating group) is 1. The van der Waals surface area contributed by atoms with Crippen LogP contribution in [0.3, 0.4) is 0 Å². The molecule has 2 rings (SSSR count). The van der Waals surface area contributed by atoms with E-state index < -0.39 is 0 Å². The van der Waals surface area contributed by atoms with Crippen molar-refractivity contribution >= 4 is 23.4 Å². The zero-order valence-corrected chi connectivity index (χ0v) is 14.3. The minimum absolute atomic E-state index is 0.00528. The van der Waals surface area contributed by atoms with Crippen LogP contribution in [0.4, 0.5) is 0 Å². The van der Waals surface area contributed by atoms with Crippen molar-refractivity contribution in [2.45, 2.75) is 19.9 Å². The number of hydrogen-bond acceptors (Lipinski definition) is 5. The van der Waals surface area contributed by atoms with E-state index in [1.54, 1.807) is 31.3 Å². The zero-order valence-electron chi connectivity index (χ0n) is 13.6. The first-order chi connectivity index (χ1) is 11.5. The molecule has 0 saturated heterocycles. The number of aromatic nitrogens is 4. The lowest BCUT2D eigenvalue weighted by molar-refractivity contribution is -0.135. The number of amides is 2. The summed E-state index contributed by atoms with van der Waals surface area (Å²) >= 11 is 5.93. The summed E-state index contributed by atoms with van der Waals surface area (Å²) < 4.78 is 0. The van der Waals surface area contributed by atoms with E-state index in [-0.39, 0.29) is 24.9 Å². The predicted molar refractivity (Wildman–Crippen MR) is 89.2 cm³/mol. The molecule has 1 aromatic carbocycles. The van der Waals surface area contributed by atoms with Gasteiger partial charge in [-0.05, 0) is 23.8 Å². The average molecular weight is 351 g/mol. The number of benzene rings is 1. The molecule has 128 valence electrons. The minimum Gasteiger partial charge on any atom is -0.355 e. The molecule has 9 heteroatoms. The highest BCUT2D eigenvalue weighted by molar-refractivity contribution is 6.30. The maximum Gasteiger partial charge on any atom is 0.246 e. The molecule has 2 amide bonds. The molecule has 0 radical (unpaired) electrons. The number of nitrogens with zero attached hydrogens (tertiary/aromatic N) is 5. The quantitative estimate of drug-likeness (QED) is 0.803. The molecular weight excluding hydrogens is 332 g/mol. The van der Waals surface area contributed by atoms with Gasteiger partial charge in [-0.1, -0.05) is 30.7 Å². The van der Waals surface area contributed by atoms with Crippen LogP contribution < -0.4 is 5.32 Å². The first-order valence-electron chi connectivity index (χ1n) is 7.54. The van der Waals surface area contributed by atoms with Crippen LogP contribution >= 0.6 is 11.6 Å². The van der Waals surface area contributed by atoms with Crippen LogP contribution in [-0.2, 0) is 16.1 Å². The van der Waals surface area contributed by atoms with Crippen molar-refractivity contribution in [3.63, 3.8) is 0 Å². The van der Waals surface area contributed by atoms with Crippen LogP contribution in [0.1, 0.15) is 13.3 Å². The van der Waals surface area contributed by atoms with E-state index in [4.69, 9.17) is 11.6 Å². The van der Waals surface area contributed by atoms with Crippen LogP contribution in [0.25, 0.3) is 11.4 Å². The summed E-state index contributed by atoms with van der Waals surface area (Å²) in [5.41, 5.74) is 0.716. The summed E-state index contributed by atoms with van der Waals surface area (Å²) in [6, 6.07) is 7.05. The van der Waals surface area contributed by atoms with Crippen molar-refractivity contribution < 1.29 is 9.59 Å². The molecule has 0 aliphatic rings. The molecule has 0 aliphatic heterocycles. The van der Waals surface area contributed by atoms with Gasteiger partial charge in [0, 0.05) is 24.2 Å². The summed E-state index contributed by atoms with van der Waals surface area (Å²) in [5.74, 6) is -0.0933. The van der Waals surface area contributed by atoms with Crippen LogP contribution in [-0.4, -0.2) is 57.1 Å². The maximum atomic E-state index is 12.1. The van der Waals surface area contributed by atoms with Gasteiger partial charge in [-0.15, -0.1) is 10.2 Å². The van der Waals surface area contributed by atoms with Crippen LogP contribution in [0, 0.1) is 0 Å². The van der Waals surface area contributed by atoms with E-state index in [2.05, 4.69) is 20.7 Å². The number of tetrazole rings is 1. The van der Waals surface area contributed by atoms with Crippen molar-refractivity contribution in [1.82, 2.24) is 30.4 Å². The number of rotatable bonds is 7. The topological polar surface area (TPSA) is 93.0 Å². The Bertz CT molecular complexity index is 717. The second kappa shape index (κ2) is 8.39. The van der Waals surface area contributed by atoms with Crippen LogP contribution in [0.5, 0.6) is 0 Å². The summed E-state index contributed by atoms with van der Waals surface area (Å²) in [5, 5.41) is 15.2. The molecular formula is C15H19ClN6O2. The molecule has 0 spiro atoms. The third kappa shape index (κ3) is 5.02. The van der Waals surface area contributed by atoms with E-state index in [0.29, 0.717) is 23.0 Å². The highest BCUT2D eigenvalue weighted by Crippen LogP contribution is 2.18. The number of nitrogens with one attached hydrogen (secondary N) is 1. The van der Waals surface area contributed by atoms with Gasteiger partial charge >= 0.3 is 0 Å². The Morgan fingerprint density at radius 1 is 1.38 bits per heavy atom. The molecule has 0 aliphatic carbocycles. The lowest BCUT2D eigenvalue weighted by atomic mass is 10.2. The molecule has 8 nitrogen and oxygen atoms in total. The van der Waals surface area contributed by atoms with Crippen LogP contribution in [0.2, 0.25) is 5.02 Å². The molecule has 0 fully saturated rings. The zero-order chi connectivity index (χ0) is 17.5. The van der Waals surface area contributed by atoms with Crippen molar-refractivity contribution in [1.29, 1.82) is 0 Å². The third-order valence-electron chi connectivity index (χ3n) is 3.19. The van der Waals surface area contributed by atoms with Gasteiger partial charge in [0.1, 0.15) is 6.54 Å². The molecule has 1 N–H and O–H groups in total. The number of hydrogen-bond donors (Lipinski definition) is 1. The highest BCUT2D eigenvalue weighted by Gasteiger charge is 2.15. The van der Waals surface area contributed by atoms with Gasteiger partial charge in [-0.25, -0.2) is 0 Å². The molecule has 0 bridgehead atoms. The van der Waals surface area contributed by atoms with Crippen molar-refractivity contribution in [3.8, 4) is 11.4 Å². The SMILES string of the molecule is CCCNC(=O)CN(C)C(=O)Cn1nnc(-c2cccc(Cl)c2)n1. The molecule has 2 aromatic rings. The Labute approximate surface area is 144 Å². The predicted octanol–water partition coefficient (Wildman–Crippen LogP) is 0.978. The molecule has 0 atom stereocenters. The Morgan fingerprint density at radius 3 is 2.88 bits per heavy atom. The van der Waals surface area contributed by atoms with Gasteiger partial charge in [-0.2, -0.15) is 4.80 Å². The summed E-state index contributed by atoms with van der Waals surface area (Å²) in [7, 11) is 1.56. The second-order valence-corrected chi connectivity index (χ2v) is 5.69. The standard InChI is InChI=1S/C15H19ClN6O2/c1-3-7-17-13(23)9-21(2)14(24)10-22-19-15(18-20-22)11-5-4-6-12(16)8-11/h4-6,8H,3,7,9-10H2,1-2H3,(H,17,23). The first-order valence-corrected chi connectivity index (χ1v) is 7.91. The van der Waals surface area contributed by atoms with E-state index in [1.165, 1.54) is 9.70 Å². The third-order valence-corrected chi connectivity index (χ3v) is 3.43. The van der Waals surface area contributed by atoms with Gasteiger partial charge in [-0.3, -0.25) is 9.59 Å². The van der Waals surface area contributed by atoms with Crippen molar-refractivity contribution in [2.75, 3.05) is 20.1 Å². The van der Waals surface area contributed by atoms with Crippen molar-refractivity contribution in [2.24, 2.45) is 0 Å². The molecule has 1 heterocycles. The fourth-order valence-corrected chi connectivity index (χ4v) is 2.11. The van der Waals surface area contributed by atoms with E-state index >= 15 is 0 Å². The lowest BCUT2D eigenvalue weighted by Crippen LogP contribution is -2.40. The first kappa shape index (κ1) is 17.9.